The van der Waals surface area contributed by atoms with Crippen LogP contribution in [0.5, 0.6) is 0 Å². The van der Waals surface area contributed by atoms with Crippen LogP contribution in [0.1, 0.15) is 28.9 Å². The van der Waals surface area contributed by atoms with Crippen LogP contribution in [0.25, 0.3) is 5.65 Å². The van der Waals surface area contributed by atoms with Gasteiger partial charge in [0.25, 0.3) is 12.3 Å². The monoisotopic (exact) mass is 436 g/mol. The Bertz CT molecular complexity index is 1070. The highest BCUT2D eigenvalue weighted by Gasteiger charge is 2.33. The molecule has 9 nitrogen and oxygen atoms in total. The predicted molar refractivity (Wildman–Crippen MR) is 108 cm³/mol. The summed E-state index contributed by atoms with van der Waals surface area (Å²) in [5.41, 5.74) is 0.103. The summed E-state index contributed by atoms with van der Waals surface area (Å²) in [6.07, 6.45) is 2.88. The molecule has 0 radical (unpaired) electrons. The van der Waals surface area contributed by atoms with E-state index < -0.39 is 18.0 Å². The first-order valence-electron chi connectivity index (χ1n) is 9.81. The van der Waals surface area contributed by atoms with Crippen LogP contribution in [0.15, 0.2) is 24.7 Å². The highest BCUT2D eigenvalue weighted by Crippen LogP contribution is 2.28. The van der Waals surface area contributed by atoms with Gasteiger partial charge < -0.3 is 15.5 Å². The van der Waals surface area contributed by atoms with Crippen molar-refractivity contribution in [1.29, 1.82) is 0 Å². The standard InChI is InChI=1S/C18H20F2N8O.CH3F/c1-26-9-13(15(25-26)16(19)20)23-18(29)12-6-22-28-3-2-14(24-17(12)28)27-7-10-4-11(8-27)21-5-10;1-2/h2-3,6,9-11,16,21H,4-5,7-8H2,1H3,(H,23,29);1H3. The highest BCUT2D eigenvalue weighted by molar-refractivity contribution is 6.08. The second kappa shape index (κ2) is 8.53. The number of carbonyl (C=O) groups excluding carboxylic acids is 1. The van der Waals surface area contributed by atoms with Crippen LogP contribution in [0, 0.1) is 5.92 Å². The van der Waals surface area contributed by atoms with Gasteiger partial charge in [-0.3, -0.25) is 13.9 Å². The van der Waals surface area contributed by atoms with Crippen molar-refractivity contribution >= 4 is 23.1 Å². The maximum Gasteiger partial charge on any atom is 0.284 e. The molecule has 2 aliphatic heterocycles. The minimum atomic E-state index is -2.79. The van der Waals surface area contributed by atoms with Crippen molar-refractivity contribution in [3.05, 3.63) is 35.9 Å². The van der Waals surface area contributed by atoms with Crippen LogP contribution >= 0.6 is 0 Å². The Morgan fingerprint density at radius 2 is 2.13 bits per heavy atom. The molecule has 0 saturated carbocycles. The molecule has 2 fully saturated rings. The fraction of sp³-hybridized carbons (Fsp3) is 0.474. The van der Waals surface area contributed by atoms with Gasteiger partial charge in [0.1, 0.15) is 11.4 Å². The minimum absolute atomic E-state index is 0.0262. The summed E-state index contributed by atoms with van der Waals surface area (Å²) in [4.78, 5) is 19.6. The molecule has 12 heteroatoms. The van der Waals surface area contributed by atoms with E-state index in [0.29, 0.717) is 24.8 Å². The van der Waals surface area contributed by atoms with Gasteiger partial charge >= 0.3 is 0 Å². The molecule has 166 valence electrons. The van der Waals surface area contributed by atoms with Gasteiger partial charge in [-0.25, -0.2) is 18.3 Å². The maximum atomic E-state index is 13.1. The van der Waals surface area contributed by atoms with Gasteiger partial charge in [0.15, 0.2) is 11.3 Å². The van der Waals surface area contributed by atoms with Crippen molar-refractivity contribution in [2.24, 2.45) is 13.0 Å². The number of halogens is 3. The molecule has 3 aromatic heterocycles. The topological polar surface area (TPSA) is 92.4 Å². The number of aryl methyl sites for hydroxylation is 1. The van der Waals surface area contributed by atoms with Crippen molar-refractivity contribution in [2.45, 2.75) is 18.9 Å². The number of hydrogen-bond donors (Lipinski definition) is 2. The van der Waals surface area contributed by atoms with E-state index in [-0.39, 0.29) is 11.3 Å². The van der Waals surface area contributed by atoms with Gasteiger partial charge in [-0.15, -0.1) is 0 Å². The number of piperidine rings is 1. The summed E-state index contributed by atoms with van der Waals surface area (Å²) < 4.78 is 38.5. The molecule has 0 aliphatic carbocycles. The van der Waals surface area contributed by atoms with Gasteiger partial charge in [-0.2, -0.15) is 10.2 Å². The van der Waals surface area contributed by atoms with E-state index in [9.17, 15) is 18.0 Å². The zero-order valence-corrected chi connectivity index (χ0v) is 17.1. The van der Waals surface area contributed by atoms with Crippen LogP contribution in [0.2, 0.25) is 0 Å². The Balaban J connectivity index is 0.00000112. The summed E-state index contributed by atoms with van der Waals surface area (Å²) in [5, 5.41) is 13.9. The number of aromatic nitrogens is 5. The van der Waals surface area contributed by atoms with E-state index in [1.54, 1.807) is 6.20 Å². The van der Waals surface area contributed by atoms with E-state index in [0.717, 1.165) is 25.5 Å². The van der Waals surface area contributed by atoms with Gasteiger partial charge in [0, 0.05) is 45.1 Å². The highest BCUT2D eigenvalue weighted by atomic mass is 19.3. The van der Waals surface area contributed by atoms with E-state index in [1.807, 2.05) is 6.07 Å². The van der Waals surface area contributed by atoms with Gasteiger partial charge in [0.2, 0.25) is 0 Å². The molecule has 31 heavy (non-hydrogen) atoms. The SMILES string of the molecule is CF.Cn1cc(NC(=O)c2cnn3ccc(N4CC5CNC(C5)C4)nc23)c(C(F)F)n1. The van der Waals surface area contributed by atoms with Crippen LogP contribution in [-0.2, 0) is 7.05 Å². The van der Waals surface area contributed by atoms with Crippen molar-refractivity contribution in [1.82, 2.24) is 29.7 Å². The third kappa shape index (κ3) is 4.07. The largest absolute Gasteiger partial charge is 0.355 e. The van der Waals surface area contributed by atoms with Crippen molar-refractivity contribution in [2.75, 3.05) is 37.0 Å². The Labute approximate surface area is 176 Å². The van der Waals surface area contributed by atoms with E-state index in [1.165, 1.54) is 35.1 Å². The minimum Gasteiger partial charge on any atom is -0.355 e. The summed E-state index contributed by atoms with van der Waals surface area (Å²) in [7, 11) is 2.02. The summed E-state index contributed by atoms with van der Waals surface area (Å²) in [6.45, 7) is 2.79. The second-order valence-corrected chi connectivity index (χ2v) is 7.58. The fourth-order valence-electron chi connectivity index (χ4n) is 4.17. The second-order valence-electron chi connectivity index (χ2n) is 7.58. The quantitative estimate of drug-likeness (QED) is 0.650. The molecule has 5 rings (SSSR count). The summed E-state index contributed by atoms with van der Waals surface area (Å²) >= 11 is 0. The Kier molecular flexibility index (Phi) is 5.81. The summed E-state index contributed by atoms with van der Waals surface area (Å²) in [6, 6.07) is 2.33. The number of anilines is 2. The number of nitrogens with zero attached hydrogens (tertiary/aromatic N) is 6. The predicted octanol–water partition coefficient (Wildman–Crippen LogP) is 2.04. The first-order chi connectivity index (χ1) is 15.0. The molecule has 1 amide bonds. The van der Waals surface area contributed by atoms with Gasteiger partial charge in [-0.1, -0.05) is 0 Å². The molecule has 2 unspecified atom stereocenters. The Hall–Kier alpha value is -3.15. The third-order valence-corrected chi connectivity index (χ3v) is 5.47. The Morgan fingerprint density at radius 1 is 1.32 bits per heavy atom. The first kappa shape index (κ1) is 21.1. The van der Waals surface area contributed by atoms with E-state index in [4.69, 9.17) is 0 Å². The number of amides is 1. The van der Waals surface area contributed by atoms with Crippen LogP contribution in [0.4, 0.5) is 24.7 Å². The molecule has 3 aromatic rings. The van der Waals surface area contributed by atoms with Gasteiger partial charge in [-0.05, 0) is 18.4 Å². The average Bonchev–Trinajstić information content (AvgIpc) is 3.45. The molecule has 0 aromatic carbocycles. The zero-order valence-electron chi connectivity index (χ0n) is 17.1. The molecule has 2 aliphatic rings. The van der Waals surface area contributed by atoms with E-state index in [2.05, 4.69) is 30.7 Å². The lowest BCUT2D eigenvalue weighted by Crippen LogP contribution is -2.41. The van der Waals surface area contributed by atoms with Crippen molar-refractivity contribution in [3.63, 3.8) is 0 Å². The first-order valence-corrected chi connectivity index (χ1v) is 9.81. The number of fused-ring (bicyclic) bond motifs is 3. The molecule has 2 saturated heterocycles. The maximum absolute atomic E-state index is 13.1. The fourth-order valence-corrected chi connectivity index (χ4v) is 4.17. The lowest BCUT2D eigenvalue weighted by molar-refractivity contribution is 0.102. The molecular formula is C19H23F3N8O. The lowest BCUT2D eigenvalue weighted by Gasteiger charge is -2.32. The number of hydrogen-bond acceptors (Lipinski definition) is 6. The van der Waals surface area contributed by atoms with Crippen molar-refractivity contribution in [3.8, 4) is 0 Å². The van der Waals surface area contributed by atoms with Crippen molar-refractivity contribution < 1.29 is 18.0 Å². The number of nitrogens with one attached hydrogen (secondary N) is 2. The van der Waals surface area contributed by atoms with Crippen LogP contribution in [-0.4, -0.2) is 63.1 Å². The molecule has 2 N–H and O–H groups in total. The summed E-state index contributed by atoms with van der Waals surface area (Å²) in [5.74, 6) is 0.817. The van der Waals surface area contributed by atoms with Gasteiger partial charge in [0.05, 0.1) is 19.1 Å². The van der Waals surface area contributed by atoms with Crippen LogP contribution < -0.4 is 15.5 Å². The average molecular weight is 436 g/mol. The third-order valence-electron chi connectivity index (χ3n) is 5.47. The molecule has 2 bridgehead atoms. The van der Waals surface area contributed by atoms with Crippen LogP contribution in [0.3, 0.4) is 0 Å². The number of carbonyl (C=O) groups is 1. The molecule has 0 spiro atoms. The Morgan fingerprint density at radius 3 is 2.87 bits per heavy atom. The number of rotatable bonds is 4. The smallest absolute Gasteiger partial charge is 0.284 e. The molecule has 2 atom stereocenters. The normalized spacial score (nSPS) is 20.1. The zero-order chi connectivity index (χ0) is 22.1. The molecule has 5 heterocycles. The number of alkyl halides is 3. The van der Waals surface area contributed by atoms with E-state index >= 15 is 0 Å². The lowest BCUT2D eigenvalue weighted by atomic mass is 10.0. The molecular weight excluding hydrogens is 413 g/mol.